The number of carbonyl (C=O) groups is 1. The molecule has 3 heterocycles. The number of fused-ring (bicyclic) bond motifs is 1. The van der Waals surface area contributed by atoms with Crippen molar-refractivity contribution in [3.8, 4) is 0 Å². The van der Waals surface area contributed by atoms with Crippen molar-refractivity contribution in [2.24, 2.45) is 0 Å². The van der Waals surface area contributed by atoms with Crippen LogP contribution in [0.1, 0.15) is 23.3 Å². The predicted molar refractivity (Wildman–Crippen MR) is 90.9 cm³/mol. The molecule has 0 bridgehead atoms. The monoisotopic (exact) mass is 345 g/mol. The summed E-state index contributed by atoms with van der Waals surface area (Å²) < 4.78 is 13.2. The molecule has 1 saturated heterocycles. The van der Waals surface area contributed by atoms with E-state index in [2.05, 4.69) is 25.4 Å². The highest BCUT2D eigenvalue weighted by Crippen LogP contribution is 2.27. The lowest BCUT2D eigenvalue weighted by Crippen LogP contribution is -2.40. The first-order valence-corrected chi connectivity index (χ1v) is 8.68. The number of aromatic nitrogens is 3. The molecule has 1 amide bonds. The topological polar surface area (TPSA) is 73.9 Å². The van der Waals surface area contributed by atoms with Crippen molar-refractivity contribution >= 4 is 33.3 Å². The number of hydrogen-bond donors (Lipinski definition) is 2. The van der Waals surface area contributed by atoms with Crippen LogP contribution in [0.4, 0.5) is 9.52 Å². The summed E-state index contributed by atoms with van der Waals surface area (Å²) in [7, 11) is 0. The molecule has 0 spiro atoms. The Hall–Kier alpha value is -2.48. The van der Waals surface area contributed by atoms with E-state index >= 15 is 0 Å². The van der Waals surface area contributed by atoms with Crippen LogP contribution in [0.25, 0.3) is 10.9 Å². The first-order chi connectivity index (χ1) is 11.7. The number of halogens is 1. The molecule has 0 aliphatic carbocycles. The molecule has 1 atom stereocenters. The fourth-order valence-electron chi connectivity index (χ4n) is 3.12. The number of carbonyl (C=O) groups excluding carboxylic acids is 1. The predicted octanol–water partition coefficient (Wildman–Crippen LogP) is 2.56. The molecule has 1 unspecified atom stereocenters. The molecule has 0 saturated carbocycles. The van der Waals surface area contributed by atoms with Crippen LogP contribution in [0.3, 0.4) is 0 Å². The second kappa shape index (κ2) is 6.20. The number of anilines is 1. The van der Waals surface area contributed by atoms with E-state index in [0.29, 0.717) is 23.1 Å². The number of aromatic amines is 1. The lowest BCUT2D eigenvalue weighted by molar-refractivity contribution is 0.0948. The number of H-pyrrole nitrogens is 1. The maximum atomic E-state index is 13.2. The largest absolute Gasteiger partial charge is 0.349 e. The molecular formula is C16H16FN5OS. The number of hydrogen-bond acceptors (Lipinski definition) is 5. The van der Waals surface area contributed by atoms with Gasteiger partial charge in [-0.25, -0.2) is 9.37 Å². The van der Waals surface area contributed by atoms with Gasteiger partial charge in [0.05, 0.1) is 5.52 Å². The highest BCUT2D eigenvalue weighted by Gasteiger charge is 2.27. The van der Waals surface area contributed by atoms with Gasteiger partial charge in [-0.3, -0.25) is 9.89 Å². The van der Waals surface area contributed by atoms with E-state index in [1.54, 1.807) is 23.6 Å². The first kappa shape index (κ1) is 15.1. The zero-order valence-electron chi connectivity index (χ0n) is 12.8. The molecule has 2 N–H and O–H groups in total. The van der Waals surface area contributed by atoms with Crippen molar-refractivity contribution in [3.05, 3.63) is 41.3 Å². The zero-order valence-corrected chi connectivity index (χ0v) is 13.6. The van der Waals surface area contributed by atoms with Gasteiger partial charge in [-0.05, 0) is 31.0 Å². The van der Waals surface area contributed by atoms with Crippen LogP contribution in [-0.4, -0.2) is 40.2 Å². The van der Waals surface area contributed by atoms with E-state index in [4.69, 9.17) is 0 Å². The highest BCUT2D eigenvalue weighted by molar-refractivity contribution is 7.13. The molecular weight excluding hydrogens is 329 g/mol. The Kier molecular flexibility index (Phi) is 3.89. The number of amides is 1. The minimum atomic E-state index is -0.358. The van der Waals surface area contributed by atoms with E-state index < -0.39 is 0 Å². The van der Waals surface area contributed by atoms with E-state index in [1.165, 1.54) is 12.1 Å². The van der Waals surface area contributed by atoms with Crippen molar-refractivity contribution < 1.29 is 9.18 Å². The standard InChI is InChI=1S/C16H16FN5OS/c17-10-3-4-12-13(8-10)20-21-14(12)15(23)19-9-11-2-1-6-22(11)16-18-5-7-24-16/h3-5,7-8,11H,1-2,6,9H2,(H,19,23)(H,20,21). The minimum Gasteiger partial charge on any atom is -0.349 e. The average Bonchev–Trinajstić information content (AvgIpc) is 3.31. The van der Waals surface area contributed by atoms with Crippen molar-refractivity contribution in [1.29, 1.82) is 0 Å². The third-order valence-electron chi connectivity index (χ3n) is 4.28. The maximum Gasteiger partial charge on any atom is 0.272 e. The Labute approximate surface area is 141 Å². The van der Waals surface area contributed by atoms with E-state index in [9.17, 15) is 9.18 Å². The molecule has 124 valence electrons. The second-order valence-electron chi connectivity index (χ2n) is 5.78. The fourth-order valence-corrected chi connectivity index (χ4v) is 3.86. The molecule has 1 aromatic carbocycles. The molecule has 1 aliphatic rings. The summed E-state index contributed by atoms with van der Waals surface area (Å²) in [5.74, 6) is -0.609. The van der Waals surface area contributed by atoms with Crippen molar-refractivity contribution in [2.45, 2.75) is 18.9 Å². The van der Waals surface area contributed by atoms with Gasteiger partial charge in [0.15, 0.2) is 10.8 Å². The molecule has 2 aromatic heterocycles. The van der Waals surface area contributed by atoms with Crippen LogP contribution in [0.5, 0.6) is 0 Å². The zero-order chi connectivity index (χ0) is 16.5. The van der Waals surface area contributed by atoms with Gasteiger partial charge in [0.1, 0.15) is 5.82 Å². The summed E-state index contributed by atoms with van der Waals surface area (Å²) in [5, 5.41) is 13.2. The lowest BCUT2D eigenvalue weighted by atomic mass is 10.2. The summed E-state index contributed by atoms with van der Waals surface area (Å²) in [4.78, 5) is 19.0. The highest BCUT2D eigenvalue weighted by atomic mass is 32.1. The third-order valence-corrected chi connectivity index (χ3v) is 5.09. The SMILES string of the molecule is O=C(NCC1CCCN1c1nccs1)c1n[nH]c2cc(F)ccc12. The lowest BCUT2D eigenvalue weighted by Gasteiger charge is -2.24. The van der Waals surface area contributed by atoms with Gasteiger partial charge >= 0.3 is 0 Å². The number of thiazole rings is 1. The molecule has 4 rings (SSSR count). The Morgan fingerprint density at radius 3 is 3.25 bits per heavy atom. The molecule has 1 aliphatic heterocycles. The molecule has 6 nitrogen and oxygen atoms in total. The van der Waals surface area contributed by atoms with E-state index in [1.807, 2.05) is 5.38 Å². The van der Waals surface area contributed by atoms with Crippen molar-refractivity contribution in [2.75, 3.05) is 18.0 Å². The number of nitrogens with one attached hydrogen (secondary N) is 2. The quantitative estimate of drug-likeness (QED) is 0.762. The van der Waals surface area contributed by atoms with Crippen LogP contribution in [0.15, 0.2) is 29.8 Å². The van der Waals surface area contributed by atoms with E-state index in [0.717, 1.165) is 24.5 Å². The van der Waals surface area contributed by atoms with Crippen LogP contribution >= 0.6 is 11.3 Å². The van der Waals surface area contributed by atoms with Gasteiger partial charge < -0.3 is 10.2 Å². The molecule has 0 radical (unpaired) electrons. The van der Waals surface area contributed by atoms with Crippen LogP contribution in [0, 0.1) is 5.82 Å². The number of benzene rings is 1. The fraction of sp³-hybridized carbons (Fsp3) is 0.312. The van der Waals surface area contributed by atoms with Gasteiger partial charge in [-0.2, -0.15) is 5.10 Å². The van der Waals surface area contributed by atoms with Gasteiger partial charge in [0.25, 0.3) is 5.91 Å². The molecule has 24 heavy (non-hydrogen) atoms. The number of nitrogens with zero attached hydrogens (tertiary/aromatic N) is 3. The van der Waals surface area contributed by atoms with Gasteiger partial charge in [-0.1, -0.05) is 0 Å². The summed E-state index contributed by atoms with van der Waals surface area (Å²) in [6, 6.07) is 4.47. The van der Waals surface area contributed by atoms with Gasteiger partial charge in [0.2, 0.25) is 0 Å². The van der Waals surface area contributed by atoms with Crippen molar-refractivity contribution in [1.82, 2.24) is 20.5 Å². The average molecular weight is 345 g/mol. The Balaban J connectivity index is 1.46. The molecule has 8 heteroatoms. The van der Waals surface area contributed by atoms with Crippen LogP contribution in [-0.2, 0) is 0 Å². The summed E-state index contributed by atoms with van der Waals surface area (Å²) in [6.07, 6.45) is 3.90. The summed E-state index contributed by atoms with van der Waals surface area (Å²) in [5.41, 5.74) is 0.814. The Morgan fingerprint density at radius 2 is 2.42 bits per heavy atom. The van der Waals surface area contributed by atoms with Crippen LogP contribution in [0.2, 0.25) is 0 Å². The summed E-state index contributed by atoms with van der Waals surface area (Å²) >= 11 is 1.61. The van der Waals surface area contributed by atoms with Crippen molar-refractivity contribution in [3.63, 3.8) is 0 Å². The normalized spacial score (nSPS) is 17.5. The third kappa shape index (κ3) is 2.73. The molecule has 1 fully saturated rings. The molecule has 3 aromatic rings. The maximum absolute atomic E-state index is 13.2. The second-order valence-corrected chi connectivity index (χ2v) is 6.65. The van der Waals surface area contributed by atoms with Gasteiger partial charge in [-0.15, -0.1) is 11.3 Å². The number of rotatable bonds is 4. The Morgan fingerprint density at radius 1 is 1.50 bits per heavy atom. The van der Waals surface area contributed by atoms with E-state index in [-0.39, 0.29) is 17.8 Å². The van der Waals surface area contributed by atoms with Gasteiger partial charge in [0, 0.05) is 36.1 Å². The smallest absolute Gasteiger partial charge is 0.272 e. The first-order valence-electron chi connectivity index (χ1n) is 7.80. The van der Waals surface area contributed by atoms with Crippen LogP contribution < -0.4 is 10.2 Å². The Bertz CT molecular complexity index is 863. The summed E-state index contributed by atoms with van der Waals surface area (Å²) in [6.45, 7) is 1.49. The minimum absolute atomic E-state index is 0.239.